The minimum Gasteiger partial charge on any atom is -0.211 e. The molecule has 0 amide bonds. The van der Waals surface area contributed by atoms with Gasteiger partial charge in [0, 0.05) is 6.04 Å². The maximum absolute atomic E-state index is 11.4. The second-order valence-corrected chi connectivity index (χ2v) is 6.00. The molecule has 0 heterocycles. The minimum absolute atomic E-state index is 0.115. The van der Waals surface area contributed by atoms with Crippen molar-refractivity contribution in [2.75, 3.05) is 0 Å². The number of sulfonamides is 1. The highest BCUT2D eigenvalue weighted by Gasteiger charge is 2.22. The Morgan fingerprint density at radius 1 is 1.29 bits per heavy atom. The van der Waals surface area contributed by atoms with Crippen LogP contribution in [-0.2, 0) is 10.0 Å². The first-order valence-corrected chi connectivity index (χ1v) is 6.25. The van der Waals surface area contributed by atoms with Crippen LogP contribution in [0.15, 0.2) is 0 Å². The van der Waals surface area contributed by atoms with E-state index in [1.165, 1.54) is 6.92 Å². The zero-order chi connectivity index (χ0) is 11.4. The summed E-state index contributed by atoms with van der Waals surface area (Å²) in [6.07, 6.45) is 0.775. The number of nitrogens with zero attached hydrogens (tertiary/aromatic N) is 1. The average Bonchev–Trinajstić information content (AvgIpc) is 1.99. The van der Waals surface area contributed by atoms with E-state index in [-0.39, 0.29) is 6.04 Å². The predicted octanol–water partition coefficient (Wildman–Crippen LogP) is 1.25. The molecule has 0 aliphatic rings. The van der Waals surface area contributed by atoms with Crippen molar-refractivity contribution in [3.8, 4) is 6.07 Å². The van der Waals surface area contributed by atoms with Crippen LogP contribution in [-0.4, -0.2) is 19.7 Å². The molecule has 2 unspecified atom stereocenters. The van der Waals surface area contributed by atoms with E-state index in [4.69, 9.17) is 5.26 Å². The van der Waals surface area contributed by atoms with E-state index < -0.39 is 15.3 Å². The van der Waals surface area contributed by atoms with E-state index >= 15 is 0 Å². The summed E-state index contributed by atoms with van der Waals surface area (Å²) >= 11 is 0. The summed E-state index contributed by atoms with van der Waals surface area (Å²) in [6.45, 7) is 7.24. The lowest BCUT2D eigenvalue weighted by molar-refractivity contribution is 0.481. The van der Waals surface area contributed by atoms with Crippen molar-refractivity contribution in [3.63, 3.8) is 0 Å². The normalized spacial score (nSPS) is 16.3. The Hall–Kier alpha value is -0.600. The van der Waals surface area contributed by atoms with Crippen molar-refractivity contribution in [3.05, 3.63) is 0 Å². The van der Waals surface area contributed by atoms with Gasteiger partial charge < -0.3 is 0 Å². The van der Waals surface area contributed by atoms with Crippen LogP contribution in [0.2, 0.25) is 0 Å². The Morgan fingerprint density at radius 3 is 2.14 bits per heavy atom. The Bertz CT molecular complexity index is 303. The van der Waals surface area contributed by atoms with Gasteiger partial charge in [-0.25, -0.2) is 13.1 Å². The van der Waals surface area contributed by atoms with Gasteiger partial charge in [-0.3, -0.25) is 0 Å². The maximum Gasteiger partial charge on any atom is 0.227 e. The Labute approximate surface area is 86.4 Å². The molecule has 0 aliphatic heterocycles. The van der Waals surface area contributed by atoms with Gasteiger partial charge >= 0.3 is 0 Å². The van der Waals surface area contributed by atoms with Crippen LogP contribution in [0, 0.1) is 17.2 Å². The monoisotopic (exact) mass is 218 g/mol. The summed E-state index contributed by atoms with van der Waals surface area (Å²) in [7, 11) is -3.47. The largest absolute Gasteiger partial charge is 0.227 e. The molecule has 0 aromatic carbocycles. The van der Waals surface area contributed by atoms with Gasteiger partial charge in [0.25, 0.3) is 0 Å². The summed E-state index contributed by atoms with van der Waals surface area (Å²) in [4.78, 5) is 0. The second-order valence-electron chi connectivity index (χ2n) is 3.96. The fourth-order valence-corrected chi connectivity index (χ4v) is 2.21. The molecule has 0 radical (unpaired) electrons. The standard InChI is InChI=1S/C9H18N2O2S/c1-7(2)5-8(3)11-14(12,13)9(4)6-10/h7-9,11H,5H2,1-4H3. The molecule has 0 saturated carbocycles. The molecule has 0 bridgehead atoms. The molecule has 4 nitrogen and oxygen atoms in total. The van der Waals surface area contributed by atoms with Crippen molar-refractivity contribution in [1.82, 2.24) is 4.72 Å². The first-order chi connectivity index (χ1) is 6.29. The molecule has 82 valence electrons. The van der Waals surface area contributed by atoms with Gasteiger partial charge in [-0.2, -0.15) is 5.26 Å². The zero-order valence-corrected chi connectivity index (χ0v) is 9.93. The summed E-state index contributed by atoms with van der Waals surface area (Å²) in [6, 6.07) is 1.60. The van der Waals surface area contributed by atoms with Gasteiger partial charge in [0.05, 0.1) is 6.07 Å². The van der Waals surface area contributed by atoms with Crippen LogP contribution in [0.4, 0.5) is 0 Å². The first kappa shape index (κ1) is 13.4. The van der Waals surface area contributed by atoms with Crippen LogP contribution >= 0.6 is 0 Å². The summed E-state index contributed by atoms with van der Waals surface area (Å²) in [5, 5.41) is 7.51. The number of nitrogens with one attached hydrogen (secondary N) is 1. The van der Waals surface area contributed by atoms with Crippen molar-refractivity contribution in [2.45, 2.75) is 45.4 Å². The third-order valence-corrected chi connectivity index (χ3v) is 3.60. The van der Waals surface area contributed by atoms with E-state index in [0.717, 1.165) is 6.42 Å². The molecular formula is C9H18N2O2S. The lowest BCUT2D eigenvalue weighted by Gasteiger charge is -2.16. The summed E-state index contributed by atoms with van der Waals surface area (Å²) in [5.41, 5.74) is 0. The highest BCUT2D eigenvalue weighted by molar-refractivity contribution is 7.90. The predicted molar refractivity (Wildman–Crippen MR) is 56.0 cm³/mol. The maximum atomic E-state index is 11.4. The first-order valence-electron chi connectivity index (χ1n) is 4.70. The highest BCUT2D eigenvalue weighted by Crippen LogP contribution is 2.06. The molecule has 0 rings (SSSR count). The molecular weight excluding hydrogens is 200 g/mol. The van der Waals surface area contributed by atoms with Gasteiger partial charge in [0.1, 0.15) is 0 Å². The molecule has 0 fully saturated rings. The number of hydrogen-bond acceptors (Lipinski definition) is 3. The molecule has 5 heteroatoms. The SMILES string of the molecule is CC(C)CC(C)NS(=O)(=O)C(C)C#N. The van der Waals surface area contributed by atoms with Gasteiger partial charge in [-0.05, 0) is 26.2 Å². The summed E-state index contributed by atoms with van der Waals surface area (Å²) in [5.74, 6) is 0.435. The van der Waals surface area contributed by atoms with Crippen LogP contribution in [0.25, 0.3) is 0 Å². The van der Waals surface area contributed by atoms with Gasteiger partial charge in [0.15, 0.2) is 5.25 Å². The lowest BCUT2D eigenvalue weighted by atomic mass is 10.1. The molecule has 0 aliphatic carbocycles. The fourth-order valence-electron chi connectivity index (χ4n) is 1.21. The lowest BCUT2D eigenvalue weighted by Crippen LogP contribution is -2.38. The Balaban J connectivity index is 4.32. The van der Waals surface area contributed by atoms with Crippen LogP contribution in [0.3, 0.4) is 0 Å². The molecule has 0 saturated heterocycles. The van der Waals surface area contributed by atoms with Crippen molar-refractivity contribution < 1.29 is 8.42 Å². The van der Waals surface area contributed by atoms with E-state index in [1.807, 2.05) is 20.8 Å². The Morgan fingerprint density at radius 2 is 1.79 bits per heavy atom. The molecule has 0 aromatic heterocycles. The van der Waals surface area contributed by atoms with Gasteiger partial charge in [-0.1, -0.05) is 13.8 Å². The molecule has 1 N–H and O–H groups in total. The summed E-state index contributed by atoms with van der Waals surface area (Å²) < 4.78 is 25.3. The van der Waals surface area contributed by atoms with E-state index in [2.05, 4.69) is 4.72 Å². The van der Waals surface area contributed by atoms with Crippen LogP contribution < -0.4 is 4.72 Å². The molecule has 0 spiro atoms. The van der Waals surface area contributed by atoms with E-state index in [1.54, 1.807) is 6.07 Å². The fraction of sp³-hybridized carbons (Fsp3) is 0.889. The van der Waals surface area contributed by atoms with Crippen molar-refractivity contribution in [1.29, 1.82) is 5.26 Å². The number of nitriles is 1. The van der Waals surface area contributed by atoms with Gasteiger partial charge in [-0.15, -0.1) is 0 Å². The average molecular weight is 218 g/mol. The smallest absolute Gasteiger partial charge is 0.211 e. The van der Waals surface area contributed by atoms with Crippen molar-refractivity contribution in [2.24, 2.45) is 5.92 Å². The van der Waals surface area contributed by atoms with Crippen LogP contribution in [0.5, 0.6) is 0 Å². The minimum atomic E-state index is -3.47. The van der Waals surface area contributed by atoms with E-state index in [0.29, 0.717) is 5.92 Å². The topological polar surface area (TPSA) is 70.0 Å². The molecule has 0 aromatic rings. The third kappa shape index (κ3) is 4.58. The van der Waals surface area contributed by atoms with E-state index in [9.17, 15) is 8.42 Å². The Kier molecular flexibility index (Phi) is 5.09. The number of hydrogen-bond donors (Lipinski definition) is 1. The number of rotatable bonds is 5. The highest BCUT2D eigenvalue weighted by atomic mass is 32.2. The second kappa shape index (κ2) is 5.32. The van der Waals surface area contributed by atoms with Crippen LogP contribution in [0.1, 0.15) is 34.1 Å². The molecule has 2 atom stereocenters. The van der Waals surface area contributed by atoms with Crippen molar-refractivity contribution >= 4 is 10.0 Å². The quantitative estimate of drug-likeness (QED) is 0.755. The molecule has 14 heavy (non-hydrogen) atoms. The third-order valence-electron chi connectivity index (χ3n) is 1.84. The zero-order valence-electron chi connectivity index (χ0n) is 9.11. The van der Waals surface area contributed by atoms with Gasteiger partial charge in [0.2, 0.25) is 10.0 Å².